The van der Waals surface area contributed by atoms with Gasteiger partial charge < -0.3 is 5.32 Å². The van der Waals surface area contributed by atoms with Gasteiger partial charge in [0.05, 0.1) is 6.54 Å². The molecule has 1 amide bonds. The summed E-state index contributed by atoms with van der Waals surface area (Å²) >= 11 is 5.90. The number of rotatable bonds is 5. The minimum absolute atomic E-state index is 0.201. The van der Waals surface area contributed by atoms with Gasteiger partial charge in [-0.2, -0.15) is 17.0 Å². The number of hydrogen-bond acceptors (Lipinski definition) is 3. The van der Waals surface area contributed by atoms with Crippen LogP contribution in [0.2, 0.25) is 5.02 Å². The summed E-state index contributed by atoms with van der Waals surface area (Å²) in [7, 11) is -3.71. The number of nitrogens with zero attached hydrogens (tertiary/aromatic N) is 2. The maximum Gasteiger partial charge on any atom is 0.282 e. The third-order valence-corrected chi connectivity index (χ3v) is 6.99. The van der Waals surface area contributed by atoms with Crippen LogP contribution in [-0.2, 0) is 21.5 Å². The first kappa shape index (κ1) is 20.8. The number of aryl methyl sites for hydroxylation is 2. The molecule has 1 heterocycles. The summed E-state index contributed by atoms with van der Waals surface area (Å²) in [5.74, 6) is -0.339. The van der Waals surface area contributed by atoms with Gasteiger partial charge in [0.1, 0.15) is 0 Å². The summed E-state index contributed by atoms with van der Waals surface area (Å²) in [6.07, 6.45) is 0.670. The number of halogens is 1. The van der Waals surface area contributed by atoms with Gasteiger partial charge in [-0.3, -0.25) is 4.79 Å². The molecule has 1 saturated heterocycles. The van der Waals surface area contributed by atoms with Gasteiger partial charge in [-0.05, 0) is 49.1 Å². The van der Waals surface area contributed by atoms with Crippen molar-refractivity contribution in [2.24, 2.45) is 0 Å². The van der Waals surface area contributed by atoms with Gasteiger partial charge in [-0.15, -0.1) is 0 Å². The molecule has 1 N–H and O–H groups in total. The number of nitrogens with one attached hydrogen (secondary N) is 1. The lowest BCUT2D eigenvalue weighted by Crippen LogP contribution is -2.51. The van der Waals surface area contributed by atoms with E-state index in [2.05, 4.69) is 5.32 Å². The smallest absolute Gasteiger partial charge is 0.282 e. The molecule has 0 aliphatic carbocycles. The first-order valence-corrected chi connectivity index (χ1v) is 10.9. The molecule has 0 bridgehead atoms. The van der Waals surface area contributed by atoms with Crippen molar-refractivity contribution in [2.45, 2.75) is 26.8 Å². The van der Waals surface area contributed by atoms with Crippen LogP contribution in [0.15, 0.2) is 42.5 Å². The molecule has 2 aromatic rings. The van der Waals surface area contributed by atoms with Crippen LogP contribution in [0, 0.1) is 13.8 Å². The quantitative estimate of drug-likeness (QED) is 0.804. The van der Waals surface area contributed by atoms with Gasteiger partial charge in [0.2, 0.25) is 5.91 Å². The van der Waals surface area contributed by atoms with Crippen LogP contribution < -0.4 is 5.32 Å². The molecule has 1 aliphatic heterocycles. The Balaban J connectivity index is 1.69. The van der Waals surface area contributed by atoms with E-state index in [1.165, 1.54) is 8.61 Å². The zero-order valence-corrected chi connectivity index (χ0v) is 17.6. The summed E-state index contributed by atoms with van der Waals surface area (Å²) in [5, 5.41) is 3.46. The molecule has 1 fully saturated rings. The Morgan fingerprint density at radius 1 is 1.04 bits per heavy atom. The van der Waals surface area contributed by atoms with E-state index in [0.29, 0.717) is 24.5 Å². The highest BCUT2D eigenvalue weighted by molar-refractivity contribution is 7.86. The topological polar surface area (TPSA) is 69.7 Å². The summed E-state index contributed by atoms with van der Waals surface area (Å²) in [4.78, 5) is 12.5. The molecule has 0 aromatic heterocycles. The Morgan fingerprint density at radius 2 is 1.64 bits per heavy atom. The average molecular weight is 422 g/mol. The summed E-state index contributed by atoms with van der Waals surface area (Å²) in [6.45, 7) is 4.64. The summed E-state index contributed by atoms with van der Waals surface area (Å²) in [5.41, 5.74) is 3.48. The maximum atomic E-state index is 13.0. The fraction of sp³-hybridized carbons (Fsp3) is 0.350. The fourth-order valence-electron chi connectivity index (χ4n) is 3.28. The number of benzene rings is 2. The number of amides is 1. The van der Waals surface area contributed by atoms with Crippen LogP contribution in [0.25, 0.3) is 0 Å². The Labute approximate surface area is 171 Å². The number of anilines is 1. The second-order valence-electron chi connectivity index (χ2n) is 6.97. The molecule has 0 unspecified atom stereocenters. The Bertz CT molecular complexity index is 941. The number of carbonyl (C=O) groups excluding carboxylic acids is 1. The molecule has 1 aliphatic rings. The van der Waals surface area contributed by atoms with Gasteiger partial charge in [0.15, 0.2) is 0 Å². The third-order valence-electron chi connectivity index (χ3n) is 4.81. The van der Waals surface area contributed by atoms with Crippen LogP contribution in [0.5, 0.6) is 0 Å². The highest BCUT2D eigenvalue weighted by Gasteiger charge is 2.34. The molecule has 8 heteroatoms. The van der Waals surface area contributed by atoms with Gasteiger partial charge in [-0.1, -0.05) is 41.9 Å². The molecule has 6 nitrogen and oxygen atoms in total. The van der Waals surface area contributed by atoms with Gasteiger partial charge in [0.25, 0.3) is 10.2 Å². The normalized spacial score (nSPS) is 17.4. The Kier molecular flexibility index (Phi) is 6.40. The molecular formula is C20H24ClN3O3S. The van der Waals surface area contributed by atoms with Crippen molar-refractivity contribution in [1.29, 1.82) is 0 Å². The minimum atomic E-state index is -3.71. The standard InChI is InChI=1S/C20H24ClN3O3S/c1-15-5-3-6-16(2)20(15)22-19(25)14-24-12-4-11-23(28(24,26)27)13-17-7-9-18(21)10-8-17/h3,5-10H,4,11-14H2,1-2H3,(H,22,25). The van der Waals surface area contributed by atoms with Crippen LogP contribution in [0.3, 0.4) is 0 Å². The van der Waals surface area contributed by atoms with E-state index >= 15 is 0 Å². The van der Waals surface area contributed by atoms with Crippen LogP contribution in [-0.4, -0.2) is 42.6 Å². The number of carbonyl (C=O) groups is 1. The van der Waals surface area contributed by atoms with E-state index in [1.54, 1.807) is 12.1 Å². The van der Waals surface area contributed by atoms with E-state index in [0.717, 1.165) is 22.4 Å². The van der Waals surface area contributed by atoms with Crippen LogP contribution in [0.1, 0.15) is 23.1 Å². The predicted molar refractivity (Wildman–Crippen MR) is 112 cm³/mol. The molecule has 0 atom stereocenters. The zero-order valence-electron chi connectivity index (χ0n) is 16.0. The SMILES string of the molecule is Cc1cccc(C)c1NC(=O)CN1CCCN(Cc2ccc(Cl)cc2)S1(=O)=O. The third kappa shape index (κ3) is 4.72. The molecule has 2 aromatic carbocycles. The van der Waals surface area contributed by atoms with E-state index in [4.69, 9.17) is 11.6 Å². The molecule has 0 spiro atoms. The highest BCUT2D eigenvalue weighted by atomic mass is 35.5. The molecule has 0 saturated carbocycles. The van der Waals surface area contributed by atoms with E-state index < -0.39 is 10.2 Å². The summed E-state index contributed by atoms with van der Waals surface area (Å²) < 4.78 is 28.6. The van der Waals surface area contributed by atoms with Crippen LogP contribution in [0.4, 0.5) is 5.69 Å². The zero-order chi connectivity index (χ0) is 20.3. The van der Waals surface area contributed by atoms with Crippen molar-refractivity contribution in [3.63, 3.8) is 0 Å². The highest BCUT2D eigenvalue weighted by Crippen LogP contribution is 2.22. The Hall–Kier alpha value is -1.93. The van der Waals surface area contributed by atoms with E-state index in [-0.39, 0.29) is 19.0 Å². The van der Waals surface area contributed by atoms with Crippen molar-refractivity contribution in [1.82, 2.24) is 8.61 Å². The van der Waals surface area contributed by atoms with Crippen molar-refractivity contribution >= 4 is 33.4 Å². The van der Waals surface area contributed by atoms with Gasteiger partial charge in [0, 0.05) is 30.3 Å². The predicted octanol–water partition coefficient (Wildman–Crippen LogP) is 3.35. The maximum absolute atomic E-state index is 13.0. The monoisotopic (exact) mass is 421 g/mol. The van der Waals surface area contributed by atoms with E-state index in [9.17, 15) is 13.2 Å². The average Bonchev–Trinajstić information content (AvgIpc) is 2.64. The molecule has 28 heavy (non-hydrogen) atoms. The number of hydrogen-bond donors (Lipinski definition) is 1. The molecular weight excluding hydrogens is 398 g/mol. The van der Waals surface area contributed by atoms with Gasteiger partial charge >= 0.3 is 0 Å². The minimum Gasteiger partial charge on any atom is -0.324 e. The first-order chi connectivity index (χ1) is 13.3. The largest absolute Gasteiger partial charge is 0.324 e. The second kappa shape index (κ2) is 8.61. The van der Waals surface area contributed by atoms with Crippen LogP contribution >= 0.6 is 11.6 Å². The fourth-order valence-corrected chi connectivity index (χ4v) is 5.05. The van der Waals surface area contributed by atoms with Crippen molar-refractivity contribution in [2.75, 3.05) is 25.0 Å². The molecule has 3 rings (SSSR count). The summed E-state index contributed by atoms with van der Waals surface area (Å²) in [6, 6.07) is 12.8. The van der Waals surface area contributed by atoms with E-state index in [1.807, 2.05) is 44.2 Å². The second-order valence-corrected chi connectivity index (χ2v) is 9.33. The van der Waals surface area contributed by atoms with Crippen molar-refractivity contribution in [3.05, 3.63) is 64.2 Å². The van der Waals surface area contributed by atoms with Crippen molar-refractivity contribution < 1.29 is 13.2 Å². The number of para-hydroxylation sites is 1. The first-order valence-electron chi connectivity index (χ1n) is 9.13. The molecule has 0 radical (unpaired) electrons. The lowest BCUT2D eigenvalue weighted by atomic mass is 10.1. The Morgan fingerprint density at radius 3 is 2.29 bits per heavy atom. The lowest BCUT2D eigenvalue weighted by molar-refractivity contribution is -0.116. The van der Waals surface area contributed by atoms with Crippen molar-refractivity contribution in [3.8, 4) is 0 Å². The lowest BCUT2D eigenvalue weighted by Gasteiger charge is -2.34. The molecule has 150 valence electrons. The van der Waals surface area contributed by atoms with Gasteiger partial charge in [-0.25, -0.2) is 0 Å².